The number of para-hydroxylation sites is 2. The van der Waals surface area contributed by atoms with Crippen LogP contribution in [0.2, 0.25) is 5.02 Å². The molecule has 6 nitrogen and oxygen atoms in total. The van der Waals surface area contributed by atoms with Crippen molar-refractivity contribution in [1.29, 1.82) is 0 Å². The Bertz CT molecular complexity index is 768. The minimum Gasteiger partial charge on any atom is -0.493 e. The van der Waals surface area contributed by atoms with Crippen molar-refractivity contribution in [2.75, 3.05) is 25.6 Å². The quantitative estimate of drug-likeness (QED) is 0.761. The van der Waals surface area contributed by atoms with E-state index in [4.69, 9.17) is 25.8 Å². The summed E-state index contributed by atoms with van der Waals surface area (Å²) in [6.07, 6.45) is 0. The Morgan fingerprint density at radius 2 is 1.84 bits per heavy atom. The number of benzene rings is 2. The molecule has 2 aromatic carbocycles. The van der Waals surface area contributed by atoms with Crippen molar-refractivity contribution in [2.24, 2.45) is 0 Å². The van der Waals surface area contributed by atoms with Crippen molar-refractivity contribution in [3.8, 4) is 11.5 Å². The molecule has 132 valence electrons. The largest absolute Gasteiger partial charge is 0.493 e. The van der Waals surface area contributed by atoms with Gasteiger partial charge in [0.2, 0.25) is 0 Å². The summed E-state index contributed by atoms with van der Waals surface area (Å²) < 4.78 is 28.1. The maximum atomic E-state index is 12.9. The number of ether oxygens (including phenoxy) is 3. The number of amides is 1. The number of hydrogen-bond acceptors (Lipinski definition) is 5. The molecule has 0 fully saturated rings. The third-order valence-corrected chi connectivity index (χ3v) is 3.30. The molecular formula is C17H15ClFNO5. The highest BCUT2D eigenvalue weighted by Gasteiger charge is 2.12. The van der Waals surface area contributed by atoms with E-state index in [1.54, 1.807) is 24.3 Å². The number of carbonyl (C=O) groups is 2. The lowest BCUT2D eigenvalue weighted by molar-refractivity contribution is -0.149. The van der Waals surface area contributed by atoms with Gasteiger partial charge in [-0.2, -0.15) is 0 Å². The van der Waals surface area contributed by atoms with Crippen molar-refractivity contribution in [1.82, 2.24) is 0 Å². The van der Waals surface area contributed by atoms with E-state index in [9.17, 15) is 14.0 Å². The zero-order valence-electron chi connectivity index (χ0n) is 13.3. The van der Waals surface area contributed by atoms with Crippen molar-refractivity contribution >= 4 is 29.2 Å². The molecule has 0 saturated carbocycles. The van der Waals surface area contributed by atoms with E-state index in [1.807, 2.05) is 0 Å². The van der Waals surface area contributed by atoms with Crippen LogP contribution in [-0.4, -0.2) is 32.2 Å². The fourth-order valence-corrected chi connectivity index (χ4v) is 2.05. The zero-order chi connectivity index (χ0) is 18.2. The number of nitrogens with one attached hydrogen (secondary N) is 1. The highest BCUT2D eigenvalue weighted by molar-refractivity contribution is 6.33. The van der Waals surface area contributed by atoms with Crippen molar-refractivity contribution < 1.29 is 28.2 Å². The topological polar surface area (TPSA) is 73.9 Å². The Labute approximate surface area is 148 Å². The predicted octanol–water partition coefficient (Wildman–Crippen LogP) is 3.05. The van der Waals surface area contributed by atoms with Gasteiger partial charge in [0.25, 0.3) is 5.91 Å². The lowest BCUT2D eigenvalue weighted by atomic mass is 10.3. The number of esters is 1. The lowest BCUT2D eigenvalue weighted by Gasteiger charge is -2.10. The number of anilines is 1. The number of carbonyl (C=O) groups excluding carboxylic acids is 2. The van der Waals surface area contributed by atoms with Crippen molar-refractivity contribution in [3.05, 3.63) is 53.3 Å². The molecule has 0 radical (unpaired) electrons. The first-order chi connectivity index (χ1) is 12.0. The second kappa shape index (κ2) is 8.89. The Kier molecular flexibility index (Phi) is 6.59. The van der Waals surface area contributed by atoms with Crippen LogP contribution in [0.15, 0.2) is 42.5 Å². The molecule has 0 atom stereocenters. The SMILES string of the molecule is COc1ccccc1OCC(=O)OCC(=O)Nc1ccc(F)cc1Cl. The molecule has 0 bridgehead atoms. The Hall–Kier alpha value is -2.80. The normalized spacial score (nSPS) is 10.0. The average molecular weight is 368 g/mol. The first-order valence-corrected chi connectivity index (χ1v) is 7.53. The Morgan fingerprint density at radius 3 is 2.52 bits per heavy atom. The van der Waals surface area contributed by atoms with Gasteiger partial charge in [-0.05, 0) is 30.3 Å². The molecule has 0 aliphatic rings. The minimum absolute atomic E-state index is 0.0409. The third-order valence-electron chi connectivity index (χ3n) is 2.98. The predicted molar refractivity (Wildman–Crippen MR) is 89.5 cm³/mol. The van der Waals surface area contributed by atoms with Gasteiger partial charge in [-0.1, -0.05) is 23.7 Å². The molecule has 25 heavy (non-hydrogen) atoms. The summed E-state index contributed by atoms with van der Waals surface area (Å²) in [6.45, 7) is -0.910. The molecule has 8 heteroatoms. The molecular weight excluding hydrogens is 353 g/mol. The summed E-state index contributed by atoms with van der Waals surface area (Å²) in [5.41, 5.74) is 0.217. The fourth-order valence-electron chi connectivity index (χ4n) is 1.84. The molecule has 1 amide bonds. The molecule has 0 saturated heterocycles. The molecule has 0 aromatic heterocycles. The summed E-state index contributed by atoms with van der Waals surface area (Å²) in [5, 5.41) is 2.45. The first kappa shape index (κ1) is 18.5. The molecule has 1 N–H and O–H groups in total. The molecule has 0 aliphatic heterocycles. The van der Waals surface area contributed by atoms with Gasteiger partial charge >= 0.3 is 5.97 Å². The number of hydrogen-bond donors (Lipinski definition) is 1. The van der Waals surface area contributed by atoms with Crippen LogP contribution >= 0.6 is 11.6 Å². The number of rotatable bonds is 7. The van der Waals surface area contributed by atoms with E-state index >= 15 is 0 Å². The Morgan fingerprint density at radius 1 is 1.12 bits per heavy atom. The summed E-state index contributed by atoms with van der Waals surface area (Å²) >= 11 is 5.79. The van der Waals surface area contributed by atoms with E-state index in [1.165, 1.54) is 13.2 Å². The van der Waals surface area contributed by atoms with Gasteiger partial charge in [0.15, 0.2) is 24.7 Å². The van der Waals surface area contributed by atoms with Gasteiger partial charge in [0.1, 0.15) is 5.82 Å². The van der Waals surface area contributed by atoms with E-state index in [0.29, 0.717) is 11.5 Å². The smallest absolute Gasteiger partial charge is 0.344 e. The van der Waals surface area contributed by atoms with E-state index < -0.39 is 24.3 Å². The molecule has 2 aromatic rings. The monoisotopic (exact) mass is 367 g/mol. The van der Waals surface area contributed by atoms with Crippen LogP contribution in [0, 0.1) is 5.82 Å². The van der Waals surface area contributed by atoms with Crippen molar-refractivity contribution in [3.63, 3.8) is 0 Å². The second-order valence-electron chi connectivity index (χ2n) is 4.77. The maximum absolute atomic E-state index is 12.9. The summed E-state index contributed by atoms with van der Waals surface area (Å²) in [7, 11) is 1.48. The summed E-state index contributed by atoms with van der Waals surface area (Å²) in [4.78, 5) is 23.4. The minimum atomic E-state index is -0.730. The van der Waals surface area contributed by atoms with Crippen LogP contribution in [0.3, 0.4) is 0 Å². The van der Waals surface area contributed by atoms with Crippen LogP contribution in [0.1, 0.15) is 0 Å². The van der Waals surface area contributed by atoms with Crippen LogP contribution in [0.25, 0.3) is 0 Å². The van der Waals surface area contributed by atoms with Crippen LogP contribution < -0.4 is 14.8 Å². The molecule has 2 rings (SSSR count). The second-order valence-corrected chi connectivity index (χ2v) is 5.18. The number of halogens is 2. The van der Waals surface area contributed by atoms with Gasteiger partial charge in [0, 0.05) is 0 Å². The zero-order valence-corrected chi connectivity index (χ0v) is 14.0. The fraction of sp³-hybridized carbons (Fsp3) is 0.176. The molecule has 0 unspecified atom stereocenters. The molecule has 0 aliphatic carbocycles. The van der Waals surface area contributed by atoms with Crippen molar-refractivity contribution in [2.45, 2.75) is 0 Å². The first-order valence-electron chi connectivity index (χ1n) is 7.16. The van der Waals surface area contributed by atoms with E-state index in [-0.39, 0.29) is 17.3 Å². The molecule has 0 spiro atoms. The van der Waals surface area contributed by atoms with Gasteiger partial charge in [-0.25, -0.2) is 9.18 Å². The standard InChI is InChI=1S/C17H15ClFNO5/c1-23-14-4-2-3-5-15(14)24-10-17(22)25-9-16(21)20-13-7-6-11(19)8-12(13)18/h2-8H,9-10H2,1H3,(H,20,21). The Balaban J connectivity index is 1.78. The third kappa shape index (κ3) is 5.65. The van der Waals surface area contributed by atoms with Gasteiger partial charge < -0.3 is 19.5 Å². The summed E-state index contributed by atoms with van der Waals surface area (Å²) in [6, 6.07) is 10.3. The highest BCUT2D eigenvalue weighted by atomic mass is 35.5. The van der Waals surface area contributed by atoms with E-state index in [2.05, 4.69) is 5.32 Å². The highest BCUT2D eigenvalue weighted by Crippen LogP contribution is 2.25. The average Bonchev–Trinajstić information content (AvgIpc) is 2.60. The lowest BCUT2D eigenvalue weighted by Crippen LogP contribution is -2.23. The van der Waals surface area contributed by atoms with Crippen LogP contribution in [0.4, 0.5) is 10.1 Å². The summed E-state index contributed by atoms with van der Waals surface area (Å²) in [5.74, 6) is -1.02. The van der Waals surface area contributed by atoms with Gasteiger partial charge in [-0.3, -0.25) is 4.79 Å². The maximum Gasteiger partial charge on any atom is 0.344 e. The van der Waals surface area contributed by atoms with E-state index in [0.717, 1.165) is 12.1 Å². The molecule has 0 heterocycles. The number of methoxy groups -OCH3 is 1. The van der Waals surface area contributed by atoms with Gasteiger partial charge in [0.05, 0.1) is 17.8 Å². The van der Waals surface area contributed by atoms with Gasteiger partial charge in [-0.15, -0.1) is 0 Å². The van der Waals surface area contributed by atoms with Crippen LogP contribution in [-0.2, 0) is 14.3 Å². The van der Waals surface area contributed by atoms with Crippen LogP contribution in [0.5, 0.6) is 11.5 Å².